The number of aliphatic imine (C=N–C) groups is 1. The number of aldehydes is 1. The highest BCUT2D eigenvalue weighted by molar-refractivity contribution is 6.30. The van der Waals surface area contributed by atoms with E-state index in [1.54, 1.807) is 7.11 Å². The molecule has 1 aliphatic rings. The van der Waals surface area contributed by atoms with Crippen LogP contribution < -0.4 is 21.1 Å². The monoisotopic (exact) mass is 537 g/mol. The van der Waals surface area contributed by atoms with Crippen molar-refractivity contribution in [1.29, 1.82) is 0 Å². The first-order chi connectivity index (χ1) is 18.2. The molecule has 0 bridgehead atoms. The Morgan fingerprint density at radius 2 is 1.95 bits per heavy atom. The van der Waals surface area contributed by atoms with Gasteiger partial charge in [0.25, 0.3) is 0 Å². The lowest BCUT2D eigenvalue weighted by Crippen LogP contribution is -2.41. The van der Waals surface area contributed by atoms with Gasteiger partial charge in [-0.1, -0.05) is 30.3 Å². The normalized spacial score (nSPS) is 15.4. The minimum Gasteiger partial charge on any atom is -0.497 e. The number of hydrogen-bond donors (Lipinski definition) is 3. The Bertz CT molecular complexity index is 1280. The molecule has 0 amide bonds. The molecule has 1 aliphatic heterocycles. The number of carbonyl (C=O) groups is 1. The molecule has 9 nitrogen and oxygen atoms in total. The Hall–Kier alpha value is -3.53. The van der Waals surface area contributed by atoms with E-state index in [0.717, 1.165) is 52.6 Å². The number of carbonyl (C=O) groups excluding carboxylic acids is 1. The summed E-state index contributed by atoms with van der Waals surface area (Å²) >= 11 is 6.06. The van der Waals surface area contributed by atoms with Gasteiger partial charge in [0.15, 0.2) is 5.82 Å². The number of methoxy groups -OCH3 is 1. The van der Waals surface area contributed by atoms with Gasteiger partial charge in [0.1, 0.15) is 23.9 Å². The third-order valence-electron chi connectivity index (χ3n) is 6.18. The van der Waals surface area contributed by atoms with E-state index in [-0.39, 0.29) is 18.5 Å². The number of aryl methyl sites for hydroxylation is 1. The van der Waals surface area contributed by atoms with Crippen molar-refractivity contribution in [3.8, 4) is 11.4 Å². The molecule has 10 heteroatoms. The second-order valence-electron chi connectivity index (χ2n) is 9.15. The van der Waals surface area contributed by atoms with Crippen LogP contribution in [0.5, 0.6) is 5.75 Å². The van der Waals surface area contributed by atoms with Crippen LogP contribution in [0.1, 0.15) is 49.1 Å². The van der Waals surface area contributed by atoms with Crippen LogP contribution in [0.15, 0.2) is 59.7 Å². The molecule has 1 aromatic heterocycles. The quantitative estimate of drug-likeness (QED) is 0.355. The summed E-state index contributed by atoms with van der Waals surface area (Å²) in [5, 5.41) is 15.4. The SMILES string of the molecule is C=C(CNC)NC(C)C(C)N.COc1ccc2c(c1)C(c1ccc(Cl)cc1)=N[C@@H](CC=O)c1nnc(C)n1-2. The number of rotatable bonds is 9. The molecule has 2 unspecified atom stereocenters. The van der Waals surface area contributed by atoms with Crippen LogP contribution >= 0.6 is 11.6 Å². The Labute approximate surface area is 229 Å². The zero-order valence-corrected chi connectivity index (χ0v) is 23.3. The fourth-order valence-electron chi connectivity index (χ4n) is 4.01. The van der Waals surface area contributed by atoms with Crippen LogP contribution in [0.3, 0.4) is 0 Å². The van der Waals surface area contributed by atoms with Crippen LogP contribution in [0.4, 0.5) is 0 Å². The lowest BCUT2D eigenvalue weighted by molar-refractivity contribution is -0.108. The highest BCUT2D eigenvalue weighted by Gasteiger charge is 2.28. The number of likely N-dealkylation sites (N-methyl/N-ethyl adjacent to an activating group) is 1. The first kappa shape index (κ1) is 29.0. The smallest absolute Gasteiger partial charge is 0.162 e. The summed E-state index contributed by atoms with van der Waals surface area (Å²) in [5.41, 5.74) is 10.1. The summed E-state index contributed by atoms with van der Waals surface area (Å²) in [6.45, 7) is 10.5. The molecule has 2 aromatic carbocycles. The first-order valence-corrected chi connectivity index (χ1v) is 12.8. The Balaban J connectivity index is 0.000000310. The number of nitrogens with two attached hydrogens (primary N) is 1. The van der Waals surface area contributed by atoms with Gasteiger partial charge in [-0.25, -0.2) is 0 Å². The highest BCUT2D eigenvalue weighted by Crippen LogP contribution is 2.34. The number of ether oxygens (including phenoxy) is 1. The van der Waals surface area contributed by atoms with Gasteiger partial charge in [-0.2, -0.15) is 0 Å². The summed E-state index contributed by atoms with van der Waals surface area (Å²) in [4.78, 5) is 16.2. The fraction of sp³-hybridized carbons (Fsp3) is 0.357. The lowest BCUT2D eigenvalue weighted by Gasteiger charge is -2.19. The fourth-order valence-corrected chi connectivity index (χ4v) is 4.13. The summed E-state index contributed by atoms with van der Waals surface area (Å²) in [7, 11) is 3.52. The molecule has 3 aromatic rings. The summed E-state index contributed by atoms with van der Waals surface area (Å²) < 4.78 is 7.38. The van der Waals surface area contributed by atoms with Gasteiger partial charge < -0.3 is 25.9 Å². The van der Waals surface area contributed by atoms with Crippen molar-refractivity contribution in [1.82, 2.24) is 25.4 Å². The standard InChI is InChI=1S/C20H17ClN4O2.C8H19N3/c1-12-23-24-20-17(9-10-26)22-19(13-3-5-14(21)6-4-13)16-11-15(27-2)7-8-18(16)25(12)20;1-6(5-10-4)11-8(3)7(2)9/h3-8,10-11,17H,9H2,1-2H3;7-8,10-11H,1,5,9H2,2-4H3/t17-;/m0./s1. The summed E-state index contributed by atoms with van der Waals surface area (Å²) in [6.07, 6.45) is 1.08. The molecule has 0 saturated carbocycles. The lowest BCUT2D eigenvalue weighted by atomic mass is 10.00. The molecule has 0 fully saturated rings. The number of benzene rings is 2. The van der Waals surface area contributed by atoms with E-state index in [4.69, 9.17) is 27.1 Å². The molecule has 4 N–H and O–H groups in total. The Morgan fingerprint density at radius 1 is 1.24 bits per heavy atom. The summed E-state index contributed by atoms with van der Waals surface area (Å²) in [5.74, 6) is 2.10. The highest BCUT2D eigenvalue weighted by atomic mass is 35.5. The average Bonchev–Trinajstić information content (AvgIpc) is 3.21. The maximum atomic E-state index is 11.3. The zero-order valence-electron chi connectivity index (χ0n) is 22.5. The van der Waals surface area contributed by atoms with Gasteiger partial charge >= 0.3 is 0 Å². The van der Waals surface area contributed by atoms with E-state index in [9.17, 15) is 4.79 Å². The molecule has 0 aliphatic carbocycles. The molecule has 0 saturated heterocycles. The molecule has 202 valence electrons. The number of fused-ring (bicyclic) bond motifs is 3. The number of nitrogens with zero attached hydrogens (tertiary/aromatic N) is 4. The largest absolute Gasteiger partial charge is 0.497 e. The molecule has 3 atom stereocenters. The van der Waals surface area contributed by atoms with Gasteiger partial charge in [-0.15, -0.1) is 10.2 Å². The molecular weight excluding hydrogens is 502 g/mol. The van der Waals surface area contributed by atoms with Gasteiger partial charge in [-0.3, -0.25) is 9.56 Å². The van der Waals surface area contributed by atoms with Gasteiger partial charge in [0.05, 0.1) is 18.5 Å². The maximum Gasteiger partial charge on any atom is 0.162 e. The van der Waals surface area contributed by atoms with Crippen molar-refractivity contribution in [3.05, 3.63) is 82.5 Å². The van der Waals surface area contributed by atoms with Gasteiger partial charge in [-0.05, 0) is 58.2 Å². The number of hydrogen-bond acceptors (Lipinski definition) is 8. The van der Waals surface area contributed by atoms with Crippen molar-refractivity contribution in [2.75, 3.05) is 20.7 Å². The van der Waals surface area contributed by atoms with Gasteiger partial charge in [0, 0.05) is 46.9 Å². The van der Waals surface area contributed by atoms with E-state index in [1.165, 1.54) is 0 Å². The van der Waals surface area contributed by atoms with Crippen molar-refractivity contribution in [3.63, 3.8) is 0 Å². The third-order valence-corrected chi connectivity index (χ3v) is 6.43. The second-order valence-corrected chi connectivity index (χ2v) is 9.59. The summed E-state index contributed by atoms with van der Waals surface area (Å²) in [6, 6.07) is 13.3. The molecule has 0 radical (unpaired) electrons. The van der Waals surface area contributed by atoms with Crippen molar-refractivity contribution < 1.29 is 9.53 Å². The second kappa shape index (κ2) is 13.3. The van der Waals surface area contributed by atoms with Crippen LogP contribution in [0.25, 0.3) is 5.69 Å². The Morgan fingerprint density at radius 3 is 2.55 bits per heavy atom. The van der Waals surface area contributed by atoms with E-state index in [0.29, 0.717) is 10.8 Å². The topological polar surface area (TPSA) is 119 Å². The van der Waals surface area contributed by atoms with Crippen molar-refractivity contribution >= 4 is 23.6 Å². The average molecular weight is 538 g/mol. The van der Waals surface area contributed by atoms with Crippen LogP contribution in [0, 0.1) is 6.92 Å². The van der Waals surface area contributed by atoms with Gasteiger partial charge in [0.2, 0.25) is 0 Å². The van der Waals surface area contributed by atoms with E-state index < -0.39 is 6.04 Å². The molecular formula is C28H36ClN7O2. The molecule has 4 rings (SSSR count). The van der Waals surface area contributed by atoms with Crippen LogP contribution in [-0.2, 0) is 4.79 Å². The first-order valence-electron chi connectivity index (χ1n) is 12.4. The number of aromatic nitrogens is 3. The Kier molecular flexibility index (Phi) is 10.2. The predicted molar refractivity (Wildman–Crippen MR) is 152 cm³/mol. The molecule has 2 heterocycles. The number of halogens is 1. The predicted octanol–water partition coefficient (Wildman–Crippen LogP) is 3.76. The van der Waals surface area contributed by atoms with E-state index in [1.807, 2.05) is 74.9 Å². The third kappa shape index (κ3) is 6.86. The van der Waals surface area contributed by atoms with Crippen LogP contribution in [0.2, 0.25) is 5.02 Å². The maximum absolute atomic E-state index is 11.3. The molecule has 0 spiro atoms. The molecule has 38 heavy (non-hydrogen) atoms. The zero-order chi connectivity index (χ0) is 27.8. The van der Waals surface area contributed by atoms with Crippen molar-refractivity contribution in [2.45, 2.75) is 45.3 Å². The van der Waals surface area contributed by atoms with E-state index in [2.05, 4.69) is 27.4 Å². The minimum absolute atomic E-state index is 0.156. The number of nitrogens with one attached hydrogen (secondary N) is 2. The van der Waals surface area contributed by atoms with Crippen molar-refractivity contribution in [2.24, 2.45) is 10.7 Å². The van der Waals surface area contributed by atoms with E-state index >= 15 is 0 Å². The minimum atomic E-state index is -0.423. The van der Waals surface area contributed by atoms with Crippen LogP contribution in [-0.4, -0.2) is 59.5 Å².